The topological polar surface area (TPSA) is 123 Å². The fraction of sp³-hybridized carbons (Fsp3) is 0.500. The quantitative estimate of drug-likeness (QED) is 0.658. The molecule has 86 valence electrons. The molecule has 1 fully saturated rings. The number of aromatic nitrogens is 2. The molecule has 0 aromatic carbocycles. The number of rotatable bonds is 2. The molecular formula is C8H10N4O4. The van der Waals surface area contributed by atoms with Crippen molar-refractivity contribution in [3.8, 4) is 0 Å². The number of carboxylic acids is 1. The van der Waals surface area contributed by atoms with Crippen LogP contribution in [0.5, 0.6) is 0 Å². The first-order valence-corrected chi connectivity index (χ1v) is 4.70. The zero-order chi connectivity index (χ0) is 11.7. The third-order valence-corrected chi connectivity index (χ3v) is 2.41. The summed E-state index contributed by atoms with van der Waals surface area (Å²) >= 11 is 0. The van der Waals surface area contributed by atoms with Gasteiger partial charge in [-0.25, -0.2) is 9.42 Å². The van der Waals surface area contributed by atoms with Crippen molar-refractivity contribution in [3.05, 3.63) is 11.4 Å². The van der Waals surface area contributed by atoms with E-state index in [-0.39, 0.29) is 11.7 Å². The third-order valence-electron chi connectivity index (χ3n) is 2.41. The second-order valence-corrected chi connectivity index (χ2v) is 3.57. The lowest BCUT2D eigenvalue weighted by Crippen LogP contribution is -2.33. The summed E-state index contributed by atoms with van der Waals surface area (Å²) < 4.78 is 4.25. The molecule has 3 N–H and O–H groups in total. The number of carbonyl (C=O) groups excluding carboxylic acids is 1. The van der Waals surface area contributed by atoms with Crippen LogP contribution in [0.25, 0.3) is 0 Å². The van der Waals surface area contributed by atoms with Gasteiger partial charge in [0.2, 0.25) is 11.4 Å². The van der Waals surface area contributed by atoms with Gasteiger partial charge in [0.1, 0.15) is 0 Å². The van der Waals surface area contributed by atoms with E-state index >= 15 is 0 Å². The Morgan fingerprint density at radius 1 is 1.44 bits per heavy atom. The molecule has 0 saturated carbocycles. The van der Waals surface area contributed by atoms with Crippen LogP contribution in [-0.4, -0.2) is 51.3 Å². The summed E-state index contributed by atoms with van der Waals surface area (Å²) in [5.74, 6) is -1.85. The first-order chi connectivity index (χ1) is 7.59. The van der Waals surface area contributed by atoms with Gasteiger partial charge in [0.25, 0.3) is 5.91 Å². The molecule has 1 aliphatic rings. The molecule has 8 heteroatoms. The van der Waals surface area contributed by atoms with Crippen LogP contribution in [-0.2, 0) is 0 Å². The molecule has 1 aromatic heterocycles. The van der Waals surface area contributed by atoms with Gasteiger partial charge in [0.05, 0.1) is 0 Å². The Morgan fingerprint density at radius 3 is 2.69 bits per heavy atom. The summed E-state index contributed by atoms with van der Waals surface area (Å²) in [4.78, 5) is 24.0. The van der Waals surface area contributed by atoms with Crippen LogP contribution in [0.1, 0.15) is 27.4 Å². The molecular weight excluding hydrogens is 216 g/mol. The van der Waals surface area contributed by atoms with Crippen molar-refractivity contribution in [3.63, 3.8) is 0 Å². The van der Waals surface area contributed by atoms with Crippen LogP contribution in [0.4, 0.5) is 0 Å². The molecule has 1 unspecified atom stereocenters. The van der Waals surface area contributed by atoms with Crippen LogP contribution in [0.2, 0.25) is 0 Å². The van der Waals surface area contributed by atoms with Gasteiger partial charge < -0.3 is 15.7 Å². The Hall–Kier alpha value is -1.96. The SMILES string of the molecule is NC1CCN(C(=O)c2nonc2C(=O)O)C1. The highest BCUT2D eigenvalue weighted by molar-refractivity contribution is 6.01. The molecule has 0 spiro atoms. The largest absolute Gasteiger partial charge is 0.476 e. The Labute approximate surface area is 90.0 Å². The summed E-state index contributed by atoms with van der Waals surface area (Å²) in [5, 5.41) is 15.2. The fourth-order valence-electron chi connectivity index (χ4n) is 1.59. The highest BCUT2D eigenvalue weighted by atomic mass is 16.6. The van der Waals surface area contributed by atoms with Gasteiger partial charge in [-0.1, -0.05) is 0 Å². The van der Waals surface area contributed by atoms with E-state index in [1.165, 1.54) is 4.90 Å². The maximum absolute atomic E-state index is 11.8. The van der Waals surface area contributed by atoms with E-state index < -0.39 is 17.6 Å². The number of hydrogen-bond acceptors (Lipinski definition) is 6. The maximum atomic E-state index is 11.8. The highest BCUT2D eigenvalue weighted by Crippen LogP contribution is 2.13. The zero-order valence-corrected chi connectivity index (χ0v) is 8.29. The van der Waals surface area contributed by atoms with Crippen molar-refractivity contribution in [1.29, 1.82) is 0 Å². The van der Waals surface area contributed by atoms with Gasteiger partial charge in [0, 0.05) is 19.1 Å². The summed E-state index contributed by atoms with van der Waals surface area (Å²) in [6.07, 6.45) is 0.694. The lowest BCUT2D eigenvalue weighted by atomic mass is 10.3. The van der Waals surface area contributed by atoms with Crippen LogP contribution in [0.15, 0.2) is 4.63 Å². The van der Waals surface area contributed by atoms with Gasteiger partial charge in [0.15, 0.2) is 0 Å². The number of hydrogen-bond donors (Lipinski definition) is 2. The van der Waals surface area contributed by atoms with Gasteiger partial charge in [-0.05, 0) is 16.7 Å². The number of carbonyl (C=O) groups is 2. The molecule has 1 saturated heterocycles. The molecule has 0 radical (unpaired) electrons. The molecule has 8 nitrogen and oxygen atoms in total. The van der Waals surface area contributed by atoms with Crippen molar-refractivity contribution in [2.45, 2.75) is 12.5 Å². The maximum Gasteiger partial charge on any atom is 0.360 e. The predicted octanol–water partition coefficient (Wildman–Crippen LogP) is -1.06. The number of carboxylic acid groups (broad SMARTS) is 1. The van der Waals surface area contributed by atoms with Crippen LogP contribution in [0.3, 0.4) is 0 Å². The lowest BCUT2D eigenvalue weighted by molar-refractivity contribution is 0.0672. The molecule has 16 heavy (non-hydrogen) atoms. The first-order valence-electron chi connectivity index (χ1n) is 4.70. The molecule has 2 rings (SSSR count). The summed E-state index contributed by atoms with van der Waals surface area (Å²) in [5.41, 5.74) is 4.90. The van der Waals surface area contributed by atoms with Gasteiger partial charge in [-0.15, -0.1) is 0 Å². The molecule has 1 amide bonds. The number of aromatic carboxylic acids is 1. The highest BCUT2D eigenvalue weighted by Gasteiger charge is 2.31. The van der Waals surface area contributed by atoms with E-state index in [0.29, 0.717) is 19.5 Å². The minimum absolute atomic E-state index is 0.0721. The van der Waals surface area contributed by atoms with Crippen molar-refractivity contribution in [1.82, 2.24) is 15.2 Å². The molecule has 0 bridgehead atoms. The van der Waals surface area contributed by atoms with Crippen LogP contribution in [0, 0.1) is 0 Å². The molecule has 2 heterocycles. The minimum Gasteiger partial charge on any atom is -0.476 e. The third kappa shape index (κ3) is 1.74. The summed E-state index contributed by atoms with van der Waals surface area (Å²) in [6.45, 7) is 0.886. The second-order valence-electron chi connectivity index (χ2n) is 3.57. The molecule has 0 aliphatic carbocycles. The Morgan fingerprint density at radius 2 is 2.12 bits per heavy atom. The van der Waals surface area contributed by atoms with E-state index in [1.807, 2.05) is 0 Å². The summed E-state index contributed by atoms with van der Waals surface area (Å²) in [7, 11) is 0. The Kier molecular flexibility index (Phi) is 2.57. The normalized spacial score (nSPS) is 20.1. The number of nitrogens with two attached hydrogens (primary N) is 1. The predicted molar refractivity (Wildman–Crippen MR) is 49.8 cm³/mol. The first kappa shape index (κ1) is 10.6. The second kappa shape index (κ2) is 3.89. The lowest BCUT2D eigenvalue weighted by Gasteiger charge is -2.13. The monoisotopic (exact) mass is 226 g/mol. The zero-order valence-electron chi connectivity index (χ0n) is 8.29. The van der Waals surface area contributed by atoms with Crippen molar-refractivity contribution in [2.24, 2.45) is 5.73 Å². The molecule has 1 aliphatic heterocycles. The van der Waals surface area contributed by atoms with Gasteiger partial charge >= 0.3 is 5.97 Å². The van der Waals surface area contributed by atoms with Crippen LogP contribution < -0.4 is 5.73 Å². The van der Waals surface area contributed by atoms with E-state index in [0.717, 1.165) is 0 Å². The number of nitrogens with zero attached hydrogens (tertiary/aromatic N) is 3. The van der Waals surface area contributed by atoms with Crippen molar-refractivity contribution in [2.75, 3.05) is 13.1 Å². The Bertz CT molecular complexity index is 429. The fourth-order valence-corrected chi connectivity index (χ4v) is 1.59. The average molecular weight is 226 g/mol. The minimum atomic E-state index is -1.34. The van der Waals surface area contributed by atoms with E-state index in [9.17, 15) is 9.59 Å². The van der Waals surface area contributed by atoms with E-state index in [2.05, 4.69) is 14.9 Å². The van der Waals surface area contributed by atoms with Crippen molar-refractivity contribution >= 4 is 11.9 Å². The standard InChI is InChI=1S/C8H10N4O4/c9-4-1-2-12(3-4)7(13)5-6(8(14)15)11-16-10-5/h4H,1-3,9H2,(H,14,15). The molecule has 1 atom stereocenters. The smallest absolute Gasteiger partial charge is 0.360 e. The summed E-state index contributed by atoms with van der Waals surface area (Å²) in [6, 6.07) is -0.0721. The van der Waals surface area contributed by atoms with Gasteiger partial charge in [-0.3, -0.25) is 4.79 Å². The van der Waals surface area contributed by atoms with E-state index in [1.54, 1.807) is 0 Å². The van der Waals surface area contributed by atoms with Gasteiger partial charge in [-0.2, -0.15) is 0 Å². The van der Waals surface area contributed by atoms with E-state index in [4.69, 9.17) is 10.8 Å². The Balaban J connectivity index is 2.21. The molecule has 1 aromatic rings. The number of amides is 1. The average Bonchev–Trinajstić information content (AvgIpc) is 2.84. The van der Waals surface area contributed by atoms with Crippen LogP contribution >= 0.6 is 0 Å². The number of likely N-dealkylation sites (tertiary alicyclic amines) is 1. The van der Waals surface area contributed by atoms with Crippen molar-refractivity contribution < 1.29 is 19.3 Å².